The van der Waals surface area contributed by atoms with Crippen molar-refractivity contribution < 1.29 is 4.43 Å². The zero-order valence-electron chi connectivity index (χ0n) is 18.4. The summed E-state index contributed by atoms with van der Waals surface area (Å²) in [6.45, 7) is 13.3. The molecule has 0 aliphatic carbocycles. The van der Waals surface area contributed by atoms with Crippen LogP contribution in [0.4, 0.5) is 5.69 Å². The van der Waals surface area contributed by atoms with Crippen molar-refractivity contribution in [3.8, 4) is 16.9 Å². The van der Waals surface area contributed by atoms with Gasteiger partial charge in [-0.15, -0.1) is 0 Å². The van der Waals surface area contributed by atoms with Gasteiger partial charge < -0.3 is 4.43 Å². The Morgan fingerprint density at radius 2 is 1.45 bits per heavy atom. The number of nitrogens with zero attached hydrogens (tertiary/aromatic N) is 1. The molecular weight excluding hydrogens is 370 g/mol. The van der Waals surface area contributed by atoms with E-state index in [9.17, 15) is 0 Å². The molecular formula is C26H31NOSi. The summed E-state index contributed by atoms with van der Waals surface area (Å²) in [6.07, 6.45) is 1.95. The monoisotopic (exact) mass is 401 g/mol. The fourth-order valence-electron chi connectivity index (χ4n) is 3.25. The Morgan fingerprint density at radius 3 is 2.10 bits per heavy atom. The lowest BCUT2D eigenvalue weighted by atomic mass is 9.85. The van der Waals surface area contributed by atoms with E-state index in [1.165, 1.54) is 11.1 Å². The maximum Gasteiger partial charge on any atom is 0.242 e. The minimum atomic E-state index is -1.77. The molecule has 0 bridgehead atoms. The quantitative estimate of drug-likeness (QED) is 0.318. The number of rotatable bonds is 5. The van der Waals surface area contributed by atoms with Crippen molar-refractivity contribution in [2.24, 2.45) is 4.99 Å². The van der Waals surface area contributed by atoms with Gasteiger partial charge in [-0.2, -0.15) is 0 Å². The van der Waals surface area contributed by atoms with E-state index in [-0.39, 0.29) is 5.41 Å². The second-order valence-electron chi connectivity index (χ2n) is 9.33. The standard InChI is InChI=1S/C26H31NOSi/c1-26(2,3)23-17-12-15-21(25(23)28-29(4,5)6)19-27-24-18-11-10-16-22(24)20-13-8-7-9-14-20/h7-19H,1-6H3. The average molecular weight is 402 g/mol. The summed E-state index contributed by atoms with van der Waals surface area (Å²) in [6, 6.07) is 25.0. The van der Waals surface area contributed by atoms with Crippen LogP contribution in [0.2, 0.25) is 19.6 Å². The van der Waals surface area contributed by atoms with Crippen LogP contribution in [0.1, 0.15) is 31.9 Å². The van der Waals surface area contributed by atoms with Crippen LogP contribution in [0.25, 0.3) is 11.1 Å². The highest BCUT2D eigenvalue weighted by molar-refractivity contribution is 6.70. The first-order valence-corrected chi connectivity index (χ1v) is 13.6. The largest absolute Gasteiger partial charge is 0.544 e. The van der Waals surface area contributed by atoms with Crippen molar-refractivity contribution in [3.05, 3.63) is 83.9 Å². The molecule has 0 aliphatic heterocycles. The van der Waals surface area contributed by atoms with Crippen molar-refractivity contribution >= 4 is 20.2 Å². The van der Waals surface area contributed by atoms with Crippen LogP contribution < -0.4 is 4.43 Å². The summed E-state index contributed by atoms with van der Waals surface area (Å²) in [7, 11) is -1.77. The molecule has 3 rings (SSSR count). The predicted molar refractivity (Wildman–Crippen MR) is 128 cm³/mol. The zero-order chi connectivity index (χ0) is 21.1. The fraction of sp³-hybridized carbons (Fsp3) is 0.269. The van der Waals surface area contributed by atoms with E-state index in [0.29, 0.717) is 0 Å². The van der Waals surface area contributed by atoms with Crippen LogP contribution in [-0.4, -0.2) is 14.5 Å². The lowest BCUT2D eigenvalue weighted by molar-refractivity contribution is 0.507. The maximum atomic E-state index is 6.54. The predicted octanol–water partition coefficient (Wildman–Crippen LogP) is 7.62. The van der Waals surface area contributed by atoms with E-state index in [2.05, 4.69) is 101 Å². The minimum absolute atomic E-state index is 0.000773. The van der Waals surface area contributed by atoms with Crippen molar-refractivity contribution in [2.75, 3.05) is 0 Å². The molecule has 0 unspecified atom stereocenters. The van der Waals surface area contributed by atoms with Crippen LogP contribution >= 0.6 is 0 Å². The number of aliphatic imine (C=N–C) groups is 1. The van der Waals surface area contributed by atoms with Crippen LogP contribution in [0.5, 0.6) is 5.75 Å². The summed E-state index contributed by atoms with van der Waals surface area (Å²) < 4.78 is 6.54. The van der Waals surface area contributed by atoms with Gasteiger partial charge in [0, 0.05) is 17.3 Å². The Kier molecular flexibility index (Phi) is 6.09. The number of hydrogen-bond acceptors (Lipinski definition) is 2. The van der Waals surface area contributed by atoms with Crippen LogP contribution in [-0.2, 0) is 5.41 Å². The lowest BCUT2D eigenvalue weighted by Crippen LogP contribution is -2.31. The Balaban J connectivity index is 2.07. The van der Waals surface area contributed by atoms with Gasteiger partial charge in [0.2, 0.25) is 8.32 Å². The molecule has 0 fully saturated rings. The summed E-state index contributed by atoms with van der Waals surface area (Å²) in [5.74, 6) is 0.972. The third-order valence-electron chi connectivity index (χ3n) is 4.59. The first-order chi connectivity index (χ1) is 13.6. The van der Waals surface area contributed by atoms with Crippen molar-refractivity contribution in [3.63, 3.8) is 0 Å². The first kappa shape index (κ1) is 21.1. The highest BCUT2D eigenvalue weighted by Crippen LogP contribution is 2.36. The molecule has 150 valence electrons. The van der Waals surface area contributed by atoms with Crippen molar-refractivity contribution in [1.29, 1.82) is 0 Å². The van der Waals surface area contributed by atoms with Crippen LogP contribution in [0.15, 0.2) is 77.8 Å². The van der Waals surface area contributed by atoms with E-state index < -0.39 is 8.32 Å². The Hall–Kier alpha value is -2.65. The molecule has 0 atom stereocenters. The minimum Gasteiger partial charge on any atom is -0.544 e. The van der Waals surface area contributed by atoms with Gasteiger partial charge >= 0.3 is 0 Å². The van der Waals surface area contributed by atoms with E-state index in [4.69, 9.17) is 9.42 Å². The van der Waals surface area contributed by atoms with Gasteiger partial charge in [0.1, 0.15) is 5.75 Å². The molecule has 2 nitrogen and oxygen atoms in total. The van der Waals surface area contributed by atoms with Gasteiger partial charge in [0.15, 0.2) is 0 Å². The fourth-order valence-corrected chi connectivity index (χ4v) is 4.09. The van der Waals surface area contributed by atoms with E-state index in [1.54, 1.807) is 0 Å². The molecule has 3 aromatic rings. The topological polar surface area (TPSA) is 21.6 Å². The zero-order valence-corrected chi connectivity index (χ0v) is 19.4. The molecule has 0 spiro atoms. The van der Waals surface area contributed by atoms with Crippen molar-refractivity contribution in [1.82, 2.24) is 0 Å². The second kappa shape index (κ2) is 8.38. The molecule has 29 heavy (non-hydrogen) atoms. The van der Waals surface area contributed by atoms with E-state index in [1.807, 2.05) is 18.3 Å². The number of para-hydroxylation sites is 2. The van der Waals surface area contributed by atoms with E-state index in [0.717, 1.165) is 22.6 Å². The molecule has 0 aromatic heterocycles. The highest BCUT2D eigenvalue weighted by Gasteiger charge is 2.25. The SMILES string of the molecule is CC(C)(C)c1cccc(C=Nc2ccccc2-c2ccccc2)c1O[Si](C)(C)C. The van der Waals surface area contributed by atoms with Gasteiger partial charge in [-0.3, -0.25) is 4.99 Å². The summed E-state index contributed by atoms with van der Waals surface area (Å²) in [4.78, 5) is 4.88. The molecule has 0 saturated carbocycles. The molecule has 0 saturated heterocycles. The number of hydrogen-bond donors (Lipinski definition) is 0. The van der Waals surface area contributed by atoms with Crippen LogP contribution in [0.3, 0.4) is 0 Å². The molecule has 0 amide bonds. The normalized spacial score (nSPS) is 12.3. The van der Waals surface area contributed by atoms with Gasteiger partial charge in [-0.1, -0.05) is 81.4 Å². The molecule has 3 aromatic carbocycles. The Morgan fingerprint density at radius 1 is 0.793 bits per heavy atom. The average Bonchev–Trinajstić information content (AvgIpc) is 2.66. The molecule has 3 heteroatoms. The van der Waals surface area contributed by atoms with Gasteiger partial charge in [-0.25, -0.2) is 0 Å². The van der Waals surface area contributed by atoms with Gasteiger partial charge in [0.25, 0.3) is 0 Å². The molecule has 0 radical (unpaired) electrons. The highest BCUT2D eigenvalue weighted by atomic mass is 28.4. The Labute approximate surface area is 176 Å². The van der Waals surface area contributed by atoms with Crippen molar-refractivity contribution in [2.45, 2.75) is 45.8 Å². The smallest absolute Gasteiger partial charge is 0.242 e. The lowest BCUT2D eigenvalue weighted by Gasteiger charge is -2.28. The Bertz CT molecular complexity index is 995. The van der Waals surface area contributed by atoms with Gasteiger partial charge in [-0.05, 0) is 48.3 Å². The maximum absolute atomic E-state index is 6.54. The third-order valence-corrected chi connectivity index (χ3v) is 5.41. The third kappa shape index (κ3) is 5.45. The molecule has 0 heterocycles. The molecule has 0 aliphatic rings. The summed E-state index contributed by atoms with van der Waals surface area (Å²) in [5, 5.41) is 0. The van der Waals surface area contributed by atoms with Crippen LogP contribution in [0, 0.1) is 0 Å². The van der Waals surface area contributed by atoms with Gasteiger partial charge in [0.05, 0.1) is 5.69 Å². The first-order valence-electron chi connectivity index (χ1n) is 10.2. The summed E-state index contributed by atoms with van der Waals surface area (Å²) in [5.41, 5.74) is 5.51. The number of benzene rings is 3. The second-order valence-corrected chi connectivity index (χ2v) is 13.8. The summed E-state index contributed by atoms with van der Waals surface area (Å²) >= 11 is 0. The molecule has 0 N–H and O–H groups in total. The van der Waals surface area contributed by atoms with E-state index >= 15 is 0 Å².